The van der Waals surface area contributed by atoms with Gasteiger partial charge in [-0.1, -0.05) is 26.0 Å². The Balaban J connectivity index is 3.42. The number of rotatable bonds is 12. The Morgan fingerprint density at radius 1 is 0.706 bits per heavy atom. The summed E-state index contributed by atoms with van der Waals surface area (Å²) < 4.78 is 5.56. The van der Waals surface area contributed by atoms with Crippen molar-refractivity contribution < 1.29 is 4.74 Å². The second-order valence-corrected chi connectivity index (χ2v) is 4.38. The maximum atomic E-state index is 5.56. The van der Waals surface area contributed by atoms with Crippen LogP contribution in [0.15, 0.2) is 24.7 Å². The van der Waals surface area contributed by atoms with Crippen molar-refractivity contribution in [3.63, 3.8) is 0 Å². The topological polar surface area (TPSA) is 61.3 Å². The van der Waals surface area contributed by atoms with Gasteiger partial charge in [-0.25, -0.2) is 0 Å². The van der Waals surface area contributed by atoms with E-state index in [4.69, 9.17) is 16.2 Å². The summed E-state index contributed by atoms with van der Waals surface area (Å²) in [5, 5.41) is 0. The number of unbranched alkanes of at least 4 members (excludes halogenated alkanes) is 4. The Bertz CT molecular complexity index is 192. The van der Waals surface area contributed by atoms with Gasteiger partial charge in [-0.15, -0.1) is 0 Å². The first-order valence-corrected chi connectivity index (χ1v) is 6.64. The molecule has 0 aliphatic heterocycles. The first kappa shape index (κ1) is 16.2. The van der Waals surface area contributed by atoms with Crippen LogP contribution < -0.4 is 11.5 Å². The molecule has 0 bridgehead atoms. The Hall–Kier alpha value is -0.800. The normalized spacial score (nSPS) is 10.2. The van der Waals surface area contributed by atoms with Crippen molar-refractivity contribution in [2.75, 3.05) is 13.1 Å². The molecule has 17 heavy (non-hydrogen) atoms. The number of hydrogen-bond donors (Lipinski definition) is 2. The van der Waals surface area contributed by atoms with E-state index in [1.165, 1.54) is 0 Å². The van der Waals surface area contributed by atoms with Crippen molar-refractivity contribution in [3.05, 3.63) is 24.7 Å². The average Bonchev–Trinajstić information content (AvgIpc) is 2.30. The highest BCUT2D eigenvalue weighted by Gasteiger charge is 2.00. The molecule has 0 aliphatic rings. The molecule has 0 radical (unpaired) electrons. The largest absolute Gasteiger partial charge is 0.467 e. The Labute approximate surface area is 106 Å². The molecular formula is C14H28N2O. The van der Waals surface area contributed by atoms with Crippen molar-refractivity contribution in [2.24, 2.45) is 11.5 Å². The minimum Gasteiger partial charge on any atom is -0.467 e. The van der Waals surface area contributed by atoms with E-state index >= 15 is 0 Å². The smallest absolute Gasteiger partial charge is 0.0964 e. The summed E-state index contributed by atoms with van der Waals surface area (Å²) in [6.45, 7) is 9.33. The molecular weight excluding hydrogens is 212 g/mol. The van der Waals surface area contributed by atoms with Crippen LogP contribution in [0.3, 0.4) is 0 Å². The van der Waals surface area contributed by atoms with Crippen molar-refractivity contribution in [3.8, 4) is 0 Å². The van der Waals surface area contributed by atoms with Crippen LogP contribution in [0.5, 0.6) is 0 Å². The van der Waals surface area contributed by atoms with Crippen LogP contribution in [-0.4, -0.2) is 13.1 Å². The van der Waals surface area contributed by atoms with E-state index in [0.717, 1.165) is 76.0 Å². The number of ether oxygens (including phenoxy) is 1. The minimum atomic E-state index is 0.765. The lowest BCUT2D eigenvalue weighted by Crippen LogP contribution is -1.99. The third-order valence-corrected chi connectivity index (χ3v) is 2.61. The lowest BCUT2D eigenvalue weighted by molar-refractivity contribution is 0.275. The standard InChI is InChI=1S/C14H28N2O/c1-13(9-5-3-7-11-15)17-14(2)10-6-4-8-12-16/h1-12,15-16H2. The van der Waals surface area contributed by atoms with Gasteiger partial charge in [-0.3, -0.25) is 0 Å². The molecule has 0 saturated heterocycles. The number of allylic oxidation sites excluding steroid dienone is 2. The van der Waals surface area contributed by atoms with Crippen molar-refractivity contribution >= 4 is 0 Å². The summed E-state index contributed by atoms with van der Waals surface area (Å²) >= 11 is 0. The predicted octanol–water partition coefficient (Wildman–Crippen LogP) is 3.07. The number of hydrogen-bond acceptors (Lipinski definition) is 3. The van der Waals surface area contributed by atoms with E-state index in [0.29, 0.717) is 0 Å². The number of nitrogens with two attached hydrogens (primary N) is 2. The molecule has 0 aromatic carbocycles. The molecule has 0 aromatic heterocycles. The summed E-state index contributed by atoms with van der Waals surface area (Å²) in [6.07, 6.45) is 8.43. The quantitative estimate of drug-likeness (QED) is 0.407. The molecule has 3 nitrogen and oxygen atoms in total. The molecule has 3 heteroatoms. The molecule has 0 fully saturated rings. The van der Waals surface area contributed by atoms with Crippen LogP contribution in [-0.2, 0) is 4.74 Å². The lowest BCUT2D eigenvalue weighted by atomic mass is 10.1. The van der Waals surface area contributed by atoms with E-state index in [1.807, 2.05) is 0 Å². The van der Waals surface area contributed by atoms with E-state index in [1.54, 1.807) is 0 Å². The molecule has 0 heterocycles. The Morgan fingerprint density at radius 3 is 1.47 bits per heavy atom. The van der Waals surface area contributed by atoms with Crippen LogP contribution in [0.2, 0.25) is 0 Å². The maximum absolute atomic E-state index is 5.56. The van der Waals surface area contributed by atoms with Gasteiger partial charge in [0.25, 0.3) is 0 Å². The Kier molecular flexibility index (Phi) is 11.1. The highest BCUT2D eigenvalue weighted by atomic mass is 16.5. The molecule has 0 atom stereocenters. The third kappa shape index (κ3) is 11.5. The molecule has 0 aromatic rings. The van der Waals surface area contributed by atoms with Gasteiger partial charge in [0.05, 0.1) is 11.5 Å². The molecule has 4 N–H and O–H groups in total. The Morgan fingerprint density at radius 2 is 1.12 bits per heavy atom. The van der Waals surface area contributed by atoms with Gasteiger partial charge in [-0.2, -0.15) is 0 Å². The van der Waals surface area contributed by atoms with Crippen LogP contribution >= 0.6 is 0 Å². The molecule has 100 valence electrons. The summed E-state index contributed by atoms with van der Waals surface area (Å²) in [5.41, 5.74) is 10.9. The first-order valence-electron chi connectivity index (χ1n) is 6.64. The zero-order valence-corrected chi connectivity index (χ0v) is 11.0. The van der Waals surface area contributed by atoms with Gasteiger partial charge in [0.1, 0.15) is 0 Å². The fraction of sp³-hybridized carbons (Fsp3) is 0.714. The SMILES string of the molecule is C=C(CCCCCN)OC(=C)CCCCCN. The van der Waals surface area contributed by atoms with Crippen LogP contribution in [0.4, 0.5) is 0 Å². The van der Waals surface area contributed by atoms with Gasteiger partial charge in [0, 0.05) is 12.8 Å². The van der Waals surface area contributed by atoms with Gasteiger partial charge in [-0.05, 0) is 38.8 Å². The highest BCUT2D eigenvalue weighted by molar-refractivity contribution is 4.93. The van der Waals surface area contributed by atoms with E-state index in [9.17, 15) is 0 Å². The predicted molar refractivity (Wildman–Crippen MR) is 74.4 cm³/mol. The summed E-state index contributed by atoms with van der Waals surface area (Å²) in [6, 6.07) is 0. The molecule has 0 rings (SSSR count). The van der Waals surface area contributed by atoms with Crippen molar-refractivity contribution in [1.29, 1.82) is 0 Å². The second kappa shape index (κ2) is 11.7. The fourth-order valence-corrected chi connectivity index (χ4v) is 1.59. The van der Waals surface area contributed by atoms with Crippen molar-refractivity contribution in [2.45, 2.75) is 51.4 Å². The first-order chi connectivity index (χ1) is 8.20. The monoisotopic (exact) mass is 240 g/mol. The molecule has 0 saturated carbocycles. The maximum Gasteiger partial charge on any atom is 0.0964 e. The molecule has 0 unspecified atom stereocenters. The average molecular weight is 240 g/mol. The van der Waals surface area contributed by atoms with Crippen LogP contribution in [0.1, 0.15) is 51.4 Å². The molecule has 0 spiro atoms. The second-order valence-electron chi connectivity index (χ2n) is 4.38. The van der Waals surface area contributed by atoms with E-state index in [-0.39, 0.29) is 0 Å². The fourth-order valence-electron chi connectivity index (χ4n) is 1.59. The zero-order chi connectivity index (χ0) is 12.9. The summed E-state index contributed by atoms with van der Waals surface area (Å²) in [7, 11) is 0. The third-order valence-electron chi connectivity index (χ3n) is 2.61. The lowest BCUT2D eigenvalue weighted by Gasteiger charge is -2.11. The molecule has 0 amide bonds. The van der Waals surface area contributed by atoms with E-state index in [2.05, 4.69) is 13.2 Å². The minimum absolute atomic E-state index is 0.765. The summed E-state index contributed by atoms with van der Waals surface area (Å²) in [5.74, 6) is 1.65. The zero-order valence-electron chi connectivity index (χ0n) is 11.0. The van der Waals surface area contributed by atoms with Gasteiger partial charge >= 0.3 is 0 Å². The van der Waals surface area contributed by atoms with Crippen molar-refractivity contribution in [1.82, 2.24) is 0 Å². The van der Waals surface area contributed by atoms with Gasteiger partial charge in [0.2, 0.25) is 0 Å². The highest BCUT2D eigenvalue weighted by Crippen LogP contribution is 2.15. The van der Waals surface area contributed by atoms with Crippen LogP contribution in [0.25, 0.3) is 0 Å². The van der Waals surface area contributed by atoms with Gasteiger partial charge < -0.3 is 16.2 Å². The van der Waals surface area contributed by atoms with Crippen LogP contribution in [0, 0.1) is 0 Å². The van der Waals surface area contributed by atoms with Gasteiger partial charge in [0.15, 0.2) is 0 Å². The summed E-state index contributed by atoms with van der Waals surface area (Å²) in [4.78, 5) is 0. The van der Waals surface area contributed by atoms with E-state index < -0.39 is 0 Å². The molecule has 0 aliphatic carbocycles.